The second kappa shape index (κ2) is 4.13. The lowest BCUT2D eigenvalue weighted by Gasteiger charge is -2.30. The molecule has 0 bridgehead atoms. The van der Waals surface area contributed by atoms with Gasteiger partial charge < -0.3 is 4.74 Å². The molecule has 0 saturated carbocycles. The number of hydrogen-bond donors (Lipinski definition) is 0. The van der Waals surface area contributed by atoms with Crippen molar-refractivity contribution in [1.29, 1.82) is 0 Å². The Labute approximate surface area is 102 Å². The predicted octanol–water partition coefficient (Wildman–Crippen LogP) is 2.48. The van der Waals surface area contributed by atoms with Gasteiger partial charge in [-0.05, 0) is 26.7 Å². The van der Waals surface area contributed by atoms with Crippen molar-refractivity contribution in [1.82, 2.24) is 0 Å². The predicted molar refractivity (Wildman–Crippen MR) is 63.9 cm³/mol. The maximum absolute atomic E-state index is 11.8. The van der Waals surface area contributed by atoms with Gasteiger partial charge in [0.25, 0.3) is 0 Å². The van der Waals surface area contributed by atoms with E-state index >= 15 is 0 Å². The molecule has 1 heterocycles. The highest BCUT2D eigenvalue weighted by Gasteiger charge is 2.51. The molecule has 92 valence electrons. The van der Waals surface area contributed by atoms with Gasteiger partial charge in [-0.2, -0.15) is 0 Å². The van der Waals surface area contributed by atoms with Gasteiger partial charge in [0.05, 0.1) is 11.8 Å². The smallest absolute Gasteiger partial charge is 0.318 e. The van der Waals surface area contributed by atoms with Gasteiger partial charge in [-0.15, -0.1) is 0 Å². The molecule has 1 saturated heterocycles. The SMILES string of the molecule is CC(C)=CC1C=C(C)C(C)C2C(=O)OC(=O)C12. The van der Waals surface area contributed by atoms with Crippen LogP contribution in [0.3, 0.4) is 0 Å². The van der Waals surface area contributed by atoms with Crippen LogP contribution in [0.15, 0.2) is 23.3 Å². The lowest BCUT2D eigenvalue weighted by atomic mass is 9.69. The van der Waals surface area contributed by atoms with Crippen LogP contribution in [-0.2, 0) is 14.3 Å². The number of esters is 2. The van der Waals surface area contributed by atoms with E-state index in [2.05, 4.69) is 6.08 Å². The van der Waals surface area contributed by atoms with Crippen LogP contribution in [0.5, 0.6) is 0 Å². The Hall–Kier alpha value is -1.38. The molecule has 17 heavy (non-hydrogen) atoms. The van der Waals surface area contributed by atoms with Crippen molar-refractivity contribution >= 4 is 11.9 Å². The van der Waals surface area contributed by atoms with E-state index in [1.807, 2.05) is 33.8 Å². The van der Waals surface area contributed by atoms with E-state index in [0.29, 0.717) is 0 Å². The fraction of sp³-hybridized carbons (Fsp3) is 0.571. The van der Waals surface area contributed by atoms with Crippen LogP contribution in [0, 0.1) is 23.7 Å². The maximum Gasteiger partial charge on any atom is 0.318 e. The van der Waals surface area contributed by atoms with Gasteiger partial charge in [0.1, 0.15) is 0 Å². The molecule has 0 aromatic rings. The van der Waals surface area contributed by atoms with Crippen molar-refractivity contribution in [3.05, 3.63) is 23.3 Å². The molecule has 1 aliphatic heterocycles. The van der Waals surface area contributed by atoms with Crippen molar-refractivity contribution < 1.29 is 14.3 Å². The molecule has 0 aromatic heterocycles. The number of allylic oxidation sites excluding steroid dienone is 4. The summed E-state index contributed by atoms with van der Waals surface area (Å²) in [7, 11) is 0. The third-order valence-corrected chi connectivity index (χ3v) is 3.79. The fourth-order valence-corrected chi connectivity index (χ4v) is 2.82. The Kier molecular flexibility index (Phi) is 2.94. The molecule has 2 rings (SSSR count). The van der Waals surface area contributed by atoms with E-state index in [1.54, 1.807) is 0 Å². The molecule has 1 fully saturated rings. The molecule has 2 aliphatic rings. The second-order valence-corrected chi connectivity index (χ2v) is 5.31. The largest absolute Gasteiger partial charge is 0.393 e. The van der Waals surface area contributed by atoms with E-state index in [-0.39, 0.29) is 35.6 Å². The Morgan fingerprint density at radius 2 is 1.82 bits per heavy atom. The van der Waals surface area contributed by atoms with Crippen molar-refractivity contribution in [2.45, 2.75) is 27.7 Å². The van der Waals surface area contributed by atoms with Crippen molar-refractivity contribution in [2.75, 3.05) is 0 Å². The van der Waals surface area contributed by atoms with E-state index in [9.17, 15) is 9.59 Å². The molecule has 4 atom stereocenters. The molecule has 3 heteroatoms. The standard InChI is InChI=1S/C14H18O3/c1-7(2)5-10-6-8(3)9(4)11-12(10)14(16)17-13(11)15/h5-6,9-12H,1-4H3. The molecule has 0 radical (unpaired) electrons. The minimum absolute atomic E-state index is 0.000139. The minimum atomic E-state index is -0.363. The molecular weight excluding hydrogens is 216 g/mol. The first-order chi connectivity index (χ1) is 7.91. The molecule has 0 amide bonds. The molecule has 0 spiro atoms. The minimum Gasteiger partial charge on any atom is -0.393 e. The van der Waals surface area contributed by atoms with Crippen LogP contribution >= 0.6 is 0 Å². The van der Waals surface area contributed by atoms with Gasteiger partial charge in [-0.3, -0.25) is 9.59 Å². The number of rotatable bonds is 1. The summed E-state index contributed by atoms with van der Waals surface area (Å²) in [5, 5.41) is 0. The first kappa shape index (κ1) is 12.1. The molecule has 0 aromatic carbocycles. The van der Waals surface area contributed by atoms with Gasteiger partial charge in [0, 0.05) is 5.92 Å². The van der Waals surface area contributed by atoms with Gasteiger partial charge in [0.2, 0.25) is 0 Å². The van der Waals surface area contributed by atoms with E-state index in [1.165, 1.54) is 5.57 Å². The van der Waals surface area contributed by atoms with Crippen LogP contribution in [0.1, 0.15) is 27.7 Å². The highest BCUT2D eigenvalue weighted by Crippen LogP contribution is 2.43. The summed E-state index contributed by atoms with van der Waals surface area (Å²) < 4.78 is 4.80. The zero-order valence-electron chi connectivity index (χ0n) is 10.7. The van der Waals surface area contributed by atoms with E-state index in [0.717, 1.165) is 5.57 Å². The summed E-state index contributed by atoms with van der Waals surface area (Å²) in [6, 6.07) is 0. The van der Waals surface area contributed by atoms with Gasteiger partial charge in [0.15, 0.2) is 0 Å². The number of fused-ring (bicyclic) bond motifs is 1. The van der Waals surface area contributed by atoms with Gasteiger partial charge in [-0.1, -0.05) is 30.2 Å². The number of hydrogen-bond acceptors (Lipinski definition) is 3. The number of carbonyl (C=O) groups excluding carboxylic acids is 2. The summed E-state index contributed by atoms with van der Waals surface area (Å²) in [5.41, 5.74) is 2.32. The molecule has 0 N–H and O–H groups in total. The highest BCUT2D eigenvalue weighted by molar-refractivity contribution is 5.97. The second-order valence-electron chi connectivity index (χ2n) is 5.31. The van der Waals surface area contributed by atoms with E-state index < -0.39 is 0 Å². The third-order valence-electron chi connectivity index (χ3n) is 3.79. The number of cyclic esters (lactones) is 2. The molecule has 1 aliphatic carbocycles. The molecule has 4 unspecified atom stereocenters. The highest BCUT2D eigenvalue weighted by atomic mass is 16.6. The lowest BCUT2D eigenvalue weighted by molar-refractivity contribution is -0.154. The fourth-order valence-electron chi connectivity index (χ4n) is 2.82. The Morgan fingerprint density at radius 3 is 2.41 bits per heavy atom. The summed E-state index contributed by atoms with van der Waals surface area (Å²) in [4.78, 5) is 23.5. The van der Waals surface area contributed by atoms with Gasteiger partial charge in [-0.25, -0.2) is 0 Å². The zero-order valence-corrected chi connectivity index (χ0v) is 10.7. The Bertz CT molecular complexity index is 427. The molecular formula is C14H18O3. The van der Waals surface area contributed by atoms with Crippen molar-refractivity contribution in [3.63, 3.8) is 0 Å². The zero-order chi connectivity index (χ0) is 12.7. The topological polar surface area (TPSA) is 43.4 Å². The summed E-state index contributed by atoms with van der Waals surface area (Å²) >= 11 is 0. The number of carbonyl (C=O) groups is 2. The summed E-state index contributed by atoms with van der Waals surface area (Å²) in [5.74, 6) is -1.24. The average Bonchev–Trinajstić information content (AvgIpc) is 2.49. The van der Waals surface area contributed by atoms with Crippen LogP contribution in [0.25, 0.3) is 0 Å². The Balaban J connectivity index is 2.44. The van der Waals surface area contributed by atoms with Crippen LogP contribution < -0.4 is 0 Å². The summed E-state index contributed by atoms with van der Waals surface area (Å²) in [6.07, 6.45) is 4.14. The van der Waals surface area contributed by atoms with Crippen molar-refractivity contribution in [3.8, 4) is 0 Å². The number of ether oxygens (including phenoxy) is 1. The van der Waals surface area contributed by atoms with E-state index in [4.69, 9.17) is 4.74 Å². The summed E-state index contributed by atoms with van der Waals surface area (Å²) in [6.45, 7) is 8.00. The molecule has 3 nitrogen and oxygen atoms in total. The van der Waals surface area contributed by atoms with Crippen LogP contribution in [-0.4, -0.2) is 11.9 Å². The monoisotopic (exact) mass is 234 g/mol. The first-order valence-electron chi connectivity index (χ1n) is 6.00. The van der Waals surface area contributed by atoms with Crippen LogP contribution in [0.4, 0.5) is 0 Å². The van der Waals surface area contributed by atoms with Gasteiger partial charge >= 0.3 is 11.9 Å². The third kappa shape index (κ3) is 1.94. The Morgan fingerprint density at radius 1 is 1.24 bits per heavy atom. The quantitative estimate of drug-likeness (QED) is 0.397. The normalized spacial score (nSPS) is 36.1. The first-order valence-corrected chi connectivity index (χ1v) is 6.00. The maximum atomic E-state index is 11.8. The average molecular weight is 234 g/mol. The van der Waals surface area contributed by atoms with Crippen molar-refractivity contribution in [2.24, 2.45) is 23.7 Å². The van der Waals surface area contributed by atoms with Crippen LogP contribution in [0.2, 0.25) is 0 Å². The lowest BCUT2D eigenvalue weighted by Crippen LogP contribution is -2.33.